The predicted molar refractivity (Wildman–Crippen MR) is 125 cm³/mol. The molecule has 1 N–H and O–H groups in total. The number of carbonyl (C=O) groups excluding carboxylic acids is 1. The van der Waals surface area contributed by atoms with Crippen LogP contribution in [0.3, 0.4) is 0 Å². The molecule has 9 heteroatoms. The summed E-state index contributed by atoms with van der Waals surface area (Å²) >= 11 is 7.84. The second-order valence-corrected chi connectivity index (χ2v) is 9.62. The van der Waals surface area contributed by atoms with Crippen LogP contribution in [0.25, 0.3) is 5.69 Å². The van der Waals surface area contributed by atoms with Crippen molar-refractivity contribution in [2.75, 3.05) is 5.32 Å². The largest absolute Gasteiger partial charge is 0.310 e. The smallest absolute Gasteiger partial charge is 0.269 e. The van der Waals surface area contributed by atoms with E-state index in [1.165, 1.54) is 12.1 Å². The maximum absolute atomic E-state index is 13.8. The lowest BCUT2D eigenvalue weighted by Crippen LogP contribution is -2.38. The van der Waals surface area contributed by atoms with Gasteiger partial charge in [0.25, 0.3) is 5.69 Å². The van der Waals surface area contributed by atoms with Crippen molar-refractivity contribution in [3.8, 4) is 5.69 Å². The average molecular weight is 469 g/mol. The van der Waals surface area contributed by atoms with Crippen molar-refractivity contribution in [2.24, 2.45) is 0 Å². The molecule has 1 aliphatic heterocycles. The van der Waals surface area contributed by atoms with Crippen LogP contribution in [0.2, 0.25) is 5.02 Å². The van der Waals surface area contributed by atoms with E-state index >= 15 is 0 Å². The van der Waals surface area contributed by atoms with Gasteiger partial charge >= 0.3 is 0 Å². The zero-order chi connectivity index (χ0) is 22.3. The van der Waals surface area contributed by atoms with Crippen molar-refractivity contribution in [3.05, 3.63) is 80.5 Å². The van der Waals surface area contributed by atoms with E-state index in [0.29, 0.717) is 16.5 Å². The number of fused-ring (bicyclic) bond motifs is 1. The molecule has 0 saturated heterocycles. The first-order valence-corrected chi connectivity index (χ1v) is 12.0. The molecule has 1 aliphatic carbocycles. The summed E-state index contributed by atoms with van der Waals surface area (Å²) in [6.07, 6.45) is 3.55. The number of non-ortho nitro benzene ring substituents is 1. The van der Waals surface area contributed by atoms with Crippen molar-refractivity contribution in [1.29, 1.82) is 0 Å². The number of benzene rings is 2. The van der Waals surface area contributed by atoms with Gasteiger partial charge in [0.1, 0.15) is 5.82 Å². The van der Waals surface area contributed by atoms with Gasteiger partial charge in [-0.15, -0.1) is 0 Å². The maximum Gasteiger partial charge on any atom is 0.269 e. The number of nitro groups is 1. The van der Waals surface area contributed by atoms with E-state index < -0.39 is 10.3 Å². The number of amides is 1. The molecule has 3 aromatic rings. The first-order valence-electron chi connectivity index (χ1n) is 10.5. The molecule has 0 spiro atoms. The van der Waals surface area contributed by atoms with Gasteiger partial charge in [-0.05, 0) is 42.7 Å². The molecule has 2 aromatic carbocycles. The van der Waals surface area contributed by atoms with Crippen molar-refractivity contribution in [2.45, 2.75) is 42.6 Å². The third-order valence-electron chi connectivity index (χ3n) is 6.38. The van der Waals surface area contributed by atoms with Crippen molar-refractivity contribution < 1.29 is 9.72 Å². The first kappa shape index (κ1) is 21.0. The Morgan fingerprint density at radius 3 is 2.44 bits per heavy atom. The molecule has 7 nitrogen and oxygen atoms in total. The number of anilines is 1. The summed E-state index contributed by atoms with van der Waals surface area (Å²) in [6, 6.07) is 13.8. The minimum atomic E-state index is -0.603. The van der Waals surface area contributed by atoms with Gasteiger partial charge in [-0.2, -0.15) is 16.9 Å². The Labute approximate surface area is 194 Å². The molecule has 5 rings (SSSR count). The second kappa shape index (κ2) is 8.26. The fraction of sp³-hybridized carbons (Fsp3) is 0.304. The van der Waals surface area contributed by atoms with E-state index in [-0.39, 0.29) is 11.6 Å². The summed E-state index contributed by atoms with van der Waals surface area (Å²) in [7, 11) is 0. The number of carbonyl (C=O) groups is 1. The van der Waals surface area contributed by atoms with Crippen LogP contribution in [-0.4, -0.2) is 20.6 Å². The quantitative estimate of drug-likeness (QED) is 0.387. The van der Waals surface area contributed by atoms with Gasteiger partial charge in [0.15, 0.2) is 0 Å². The lowest BCUT2D eigenvalue weighted by atomic mass is 9.78. The Hall–Kier alpha value is -2.84. The Morgan fingerprint density at radius 2 is 1.78 bits per heavy atom. The maximum atomic E-state index is 13.8. The summed E-state index contributed by atoms with van der Waals surface area (Å²) in [6.45, 7) is 0. The van der Waals surface area contributed by atoms with Crippen LogP contribution < -0.4 is 5.32 Å². The molecule has 2 aliphatic rings. The monoisotopic (exact) mass is 468 g/mol. The number of thioether (sulfide) groups is 1. The van der Waals surface area contributed by atoms with E-state index in [0.717, 1.165) is 54.0 Å². The van der Waals surface area contributed by atoms with Gasteiger partial charge in [-0.25, -0.2) is 4.68 Å². The minimum Gasteiger partial charge on any atom is -0.310 e. The normalized spacial score (nSPS) is 16.7. The summed E-state index contributed by atoms with van der Waals surface area (Å²) in [5, 5.41) is 19.6. The third kappa shape index (κ3) is 3.57. The number of halogens is 1. The van der Waals surface area contributed by atoms with E-state index in [2.05, 4.69) is 5.32 Å². The summed E-state index contributed by atoms with van der Waals surface area (Å²) in [4.78, 5) is 24.4. The number of hydrogen-bond acceptors (Lipinski definition) is 5. The number of nitro benzene ring substituents is 1. The highest BCUT2D eigenvalue weighted by Gasteiger charge is 2.43. The van der Waals surface area contributed by atoms with Gasteiger partial charge in [0, 0.05) is 34.2 Å². The van der Waals surface area contributed by atoms with Crippen LogP contribution in [0.5, 0.6) is 0 Å². The molecular weight excluding hydrogens is 448 g/mol. The minimum absolute atomic E-state index is 0.0160. The highest BCUT2D eigenvalue weighted by Crippen LogP contribution is 2.43. The van der Waals surface area contributed by atoms with Crippen LogP contribution in [0.1, 0.15) is 42.5 Å². The van der Waals surface area contributed by atoms with Crippen LogP contribution in [-0.2, 0) is 21.7 Å². The van der Waals surface area contributed by atoms with Crippen LogP contribution >= 0.6 is 23.4 Å². The molecule has 164 valence electrons. The number of rotatable bonds is 5. The van der Waals surface area contributed by atoms with Gasteiger partial charge in [0.05, 0.1) is 21.7 Å². The van der Waals surface area contributed by atoms with E-state index in [1.54, 1.807) is 28.6 Å². The third-order valence-corrected chi connectivity index (χ3v) is 7.60. The molecule has 1 amide bonds. The van der Waals surface area contributed by atoms with E-state index in [1.807, 2.05) is 24.3 Å². The summed E-state index contributed by atoms with van der Waals surface area (Å²) in [5.41, 5.74) is 3.03. The van der Waals surface area contributed by atoms with Crippen LogP contribution in [0, 0.1) is 10.1 Å². The van der Waals surface area contributed by atoms with Gasteiger partial charge < -0.3 is 5.32 Å². The molecular formula is C23H21ClN4O3S. The number of aromatic nitrogens is 2. The molecule has 1 saturated carbocycles. The standard InChI is InChI=1S/C23H21ClN4O3S/c24-16-5-3-15(4-6-16)23(11-1-2-12-23)22(29)25-21-19-13-32-14-20(19)26-27(21)17-7-9-18(10-8-17)28(30)31/h3-10H,1-2,11-14H2,(H,25,29). The molecule has 1 fully saturated rings. The zero-order valence-corrected chi connectivity index (χ0v) is 18.8. The van der Waals surface area contributed by atoms with Crippen LogP contribution in [0.15, 0.2) is 48.5 Å². The first-order chi connectivity index (χ1) is 15.5. The Bertz CT molecular complexity index is 1190. The van der Waals surface area contributed by atoms with Gasteiger partial charge in [-0.3, -0.25) is 14.9 Å². The lowest BCUT2D eigenvalue weighted by molar-refractivity contribution is -0.384. The Kier molecular flexibility index (Phi) is 5.43. The predicted octanol–water partition coefficient (Wildman–Crippen LogP) is 5.63. The average Bonchev–Trinajstić information content (AvgIpc) is 3.52. The molecule has 2 heterocycles. The molecule has 0 radical (unpaired) electrons. The topological polar surface area (TPSA) is 90.1 Å². The lowest BCUT2D eigenvalue weighted by Gasteiger charge is -2.28. The highest BCUT2D eigenvalue weighted by molar-refractivity contribution is 7.98. The molecule has 0 atom stereocenters. The number of hydrogen-bond donors (Lipinski definition) is 1. The van der Waals surface area contributed by atoms with Gasteiger partial charge in [-0.1, -0.05) is 36.6 Å². The van der Waals surface area contributed by atoms with Crippen molar-refractivity contribution >= 4 is 40.8 Å². The Morgan fingerprint density at radius 1 is 1.09 bits per heavy atom. The number of nitrogens with one attached hydrogen (secondary N) is 1. The molecule has 0 unspecified atom stereocenters. The fourth-order valence-electron chi connectivity index (χ4n) is 4.67. The summed E-state index contributed by atoms with van der Waals surface area (Å²) < 4.78 is 1.70. The van der Waals surface area contributed by atoms with Crippen molar-refractivity contribution in [3.63, 3.8) is 0 Å². The van der Waals surface area contributed by atoms with Crippen molar-refractivity contribution in [1.82, 2.24) is 9.78 Å². The van der Waals surface area contributed by atoms with Gasteiger partial charge in [0.2, 0.25) is 5.91 Å². The Balaban J connectivity index is 1.52. The fourth-order valence-corrected chi connectivity index (χ4v) is 5.83. The summed E-state index contributed by atoms with van der Waals surface area (Å²) in [5.74, 6) is 2.16. The highest BCUT2D eigenvalue weighted by atomic mass is 35.5. The molecule has 1 aromatic heterocycles. The molecule has 32 heavy (non-hydrogen) atoms. The SMILES string of the molecule is O=C(Nc1c2c(nn1-c1ccc([N+](=O)[O-])cc1)CSC2)C1(c2ccc(Cl)cc2)CCCC1. The zero-order valence-electron chi connectivity index (χ0n) is 17.2. The second-order valence-electron chi connectivity index (χ2n) is 8.20. The van der Waals surface area contributed by atoms with E-state index in [9.17, 15) is 14.9 Å². The molecule has 0 bridgehead atoms. The van der Waals surface area contributed by atoms with Crippen LogP contribution in [0.4, 0.5) is 11.5 Å². The van der Waals surface area contributed by atoms with E-state index in [4.69, 9.17) is 16.7 Å². The number of nitrogens with zero attached hydrogens (tertiary/aromatic N) is 3.